The fourth-order valence-corrected chi connectivity index (χ4v) is 4.53. The number of thioether (sulfide) groups is 1. The minimum Gasteiger partial charge on any atom is -0.465 e. The molecule has 1 unspecified atom stereocenters. The van der Waals surface area contributed by atoms with Crippen LogP contribution in [0.2, 0.25) is 0 Å². The van der Waals surface area contributed by atoms with E-state index >= 15 is 0 Å². The SMILES string of the molecule is COC(=O)c1ccc2c(c1)C1(NN=C(c3ccc4ncccc4c3)S1)C(=O)N2. The first-order valence-corrected chi connectivity index (χ1v) is 9.36. The summed E-state index contributed by atoms with van der Waals surface area (Å²) in [5, 5.41) is 8.97. The fraction of sp³-hybridized carbons (Fsp3) is 0.100. The number of esters is 1. The van der Waals surface area contributed by atoms with Crippen molar-refractivity contribution in [1.29, 1.82) is 0 Å². The number of ether oxygens (including phenoxy) is 1. The lowest BCUT2D eigenvalue weighted by Gasteiger charge is -2.20. The highest BCUT2D eigenvalue weighted by molar-refractivity contribution is 8.16. The lowest BCUT2D eigenvalue weighted by Crippen LogP contribution is -2.39. The second-order valence-corrected chi connectivity index (χ2v) is 7.63. The van der Waals surface area contributed by atoms with Gasteiger partial charge in [0.25, 0.3) is 5.91 Å². The van der Waals surface area contributed by atoms with Crippen LogP contribution in [0.3, 0.4) is 0 Å². The van der Waals surface area contributed by atoms with E-state index in [2.05, 4.69) is 20.8 Å². The number of anilines is 1. The van der Waals surface area contributed by atoms with E-state index in [1.54, 1.807) is 24.4 Å². The Bertz CT molecular complexity index is 1190. The van der Waals surface area contributed by atoms with Gasteiger partial charge in [0.05, 0.1) is 18.2 Å². The average Bonchev–Trinajstić information content (AvgIpc) is 3.30. The summed E-state index contributed by atoms with van der Waals surface area (Å²) in [7, 11) is 1.33. The molecule has 8 heteroatoms. The number of aromatic nitrogens is 1. The van der Waals surface area contributed by atoms with Gasteiger partial charge in [-0.05, 0) is 36.4 Å². The van der Waals surface area contributed by atoms with Gasteiger partial charge in [0.1, 0.15) is 5.04 Å². The molecule has 3 heterocycles. The van der Waals surface area contributed by atoms with Crippen LogP contribution in [-0.4, -0.2) is 29.0 Å². The third kappa shape index (κ3) is 2.38. The molecule has 1 atom stereocenters. The van der Waals surface area contributed by atoms with E-state index in [9.17, 15) is 9.59 Å². The monoisotopic (exact) mass is 390 g/mol. The first-order valence-electron chi connectivity index (χ1n) is 8.54. The zero-order chi connectivity index (χ0) is 19.3. The van der Waals surface area contributed by atoms with Crippen LogP contribution in [-0.2, 0) is 14.4 Å². The summed E-state index contributed by atoms with van der Waals surface area (Å²) in [6.07, 6.45) is 1.75. The van der Waals surface area contributed by atoms with Gasteiger partial charge < -0.3 is 10.1 Å². The van der Waals surface area contributed by atoms with E-state index in [4.69, 9.17) is 4.74 Å². The zero-order valence-electron chi connectivity index (χ0n) is 14.7. The Morgan fingerprint density at radius 1 is 1.18 bits per heavy atom. The number of carbonyl (C=O) groups excluding carboxylic acids is 2. The zero-order valence-corrected chi connectivity index (χ0v) is 15.5. The van der Waals surface area contributed by atoms with Crippen molar-refractivity contribution < 1.29 is 14.3 Å². The number of fused-ring (bicyclic) bond motifs is 3. The number of hydrazone groups is 1. The molecule has 0 bridgehead atoms. The van der Waals surface area contributed by atoms with Gasteiger partial charge in [0, 0.05) is 28.4 Å². The molecule has 0 saturated carbocycles. The summed E-state index contributed by atoms with van der Waals surface area (Å²) in [5.41, 5.74) is 6.46. The van der Waals surface area contributed by atoms with Gasteiger partial charge in [-0.2, -0.15) is 5.10 Å². The van der Waals surface area contributed by atoms with Crippen LogP contribution in [0.25, 0.3) is 10.9 Å². The van der Waals surface area contributed by atoms with E-state index in [0.29, 0.717) is 21.9 Å². The number of benzene rings is 2. The van der Waals surface area contributed by atoms with Crippen molar-refractivity contribution >= 4 is 45.3 Å². The molecule has 2 aliphatic heterocycles. The van der Waals surface area contributed by atoms with Gasteiger partial charge in [-0.1, -0.05) is 23.9 Å². The van der Waals surface area contributed by atoms with E-state index < -0.39 is 10.8 Å². The summed E-state index contributed by atoms with van der Waals surface area (Å²) >= 11 is 1.32. The highest BCUT2D eigenvalue weighted by atomic mass is 32.2. The molecular weight excluding hydrogens is 376 g/mol. The quantitative estimate of drug-likeness (QED) is 0.654. The van der Waals surface area contributed by atoms with Gasteiger partial charge in [0.15, 0.2) is 0 Å². The van der Waals surface area contributed by atoms with E-state index in [1.807, 2.05) is 30.3 Å². The van der Waals surface area contributed by atoms with Crippen molar-refractivity contribution in [2.75, 3.05) is 12.4 Å². The highest BCUT2D eigenvalue weighted by Crippen LogP contribution is 2.48. The number of hydrogen-bond donors (Lipinski definition) is 2. The maximum absolute atomic E-state index is 12.8. The van der Waals surface area contributed by atoms with Gasteiger partial charge in [-0.15, -0.1) is 0 Å². The summed E-state index contributed by atoms with van der Waals surface area (Å²) < 4.78 is 4.80. The molecule has 7 nitrogen and oxygen atoms in total. The lowest BCUT2D eigenvalue weighted by molar-refractivity contribution is -0.118. The second kappa shape index (κ2) is 6.07. The van der Waals surface area contributed by atoms with E-state index in [1.165, 1.54) is 18.9 Å². The summed E-state index contributed by atoms with van der Waals surface area (Å²) in [6.45, 7) is 0. The van der Waals surface area contributed by atoms with Crippen molar-refractivity contribution in [3.63, 3.8) is 0 Å². The van der Waals surface area contributed by atoms with Gasteiger partial charge >= 0.3 is 5.97 Å². The van der Waals surface area contributed by atoms with Gasteiger partial charge in [-0.3, -0.25) is 15.2 Å². The normalized spacial score (nSPS) is 19.9. The first-order chi connectivity index (χ1) is 13.6. The maximum Gasteiger partial charge on any atom is 0.337 e. The van der Waals surface area contributed by atoms with Gasteiger partial charge in [0.2, 0.25) is 4.87 Å². The van der Waals surface area contributed by atoms with Crippen molar-refractivity contribution in [1.82, 2.24) is 10.4 Å². The molecule has 138 valence electrons. The molecule has 1 aromatic heterocycles. The van der Waals surface area contributed by atoms with Crippen molar-refractivity contribution in [2.45, 2.75) is 4.87 Å². The Morgan fingerprint density at radius 2 is 2.07 bits per heavy atom. The van der Waals surface area contributed by atoms with Crippen LogP contribution in [0.5, 0.6) is 0 Å². The van der Waals surface area contributed by atoms with Crippen LogP contribution in [0, 0.1) is 0 Å². The molecule has 28 heavy (non-hydrogen) atoms. The van der Waals surface area contributed by atoms with Crippen molar-refractivity contribution in [3.05, 3.63) is 71.4 Å². The van der Waals surface area contributed by atoms with E-state index in [-0.39, 0.29) is 5.91 Å². The Balaban J connectivity index is 1.53. The molecule has 2 N–H and O–H groups in total. The minimum absolute atomic E-state index is 0.226. The molecular formula is C20H14N4O3S. The predicted molar refractivity (Wildman–Crippen MR) is 107 cm³/mol. The molecule has 0 aliphatic carbocycles. The smallest absolute Gasteiger partial charge is 0.337 e. The van der Waals surface area contributed by atoms with Crippen LogP contribution in [0.15, 0.2) is 59.8 Å². The summed E-state index contributed by atoms with van der Waals surface area (Å²) in [6, 6.07) is 14.7. The molecule has 5 rings (SSSR count). The molecule has 0 saturated heterocycles. The third-order valence-corrected chi connectivity index (χ3v) is 6.13. The third-order valence-electron chi connectivity index (χ3n) is 4.80. The molecule has 3 aromatic rings. The number of carbonyl (C=O) groups is 2. The Morgan fingerprint density at radius 3 is 2.93 bits per heavy atom. The number of nitrogens with zero attached hydrogens (tertiary/aromatic N) is 2. The Kier molecular flexibility index (Phi) is 3.63. The van der Waals surface area contributed by atoms with Crippen molar-refractivity contribution in [3.8, 4) is 0 Å². The largest absolute Gasteiger partial charge is 0.465 e. The van der Waals surface area contributed by atoms with Crippen LogP contribution in [0.1, 0.15) is 21.5 Å². The molecule has 1 spiro atoms. The number of rotatable bonds is 2. The second-order valence-electron chi connectivity index (χ2n) is 6.43. The average molecular weight is 390 g/mol. The molecule has 1 amide bonds. The van der Waals surface area contributed by atoms with E-state index in [0.717, 1.165) is 16.5 Å². The van der Waals surface area contributed by atoms with Crippen LogP contribution in [0.4, 0.5) is 5.69 Å². The van der Waals surface area contributed by atoms with Gasteiger partial charge in [-0.25, -0.2) is 4.79 Å². The molecule has 0 fully saturated rings. The fourth-order valence-electron chi connectivity index (χ4n) is 3.39. The standard InChI is InChI=1S/C20H14N4O3S/c1-27-18(25)13-5-7-16-14(10-13)20(19(26)22-16)24-23-17(28-20)12-4-6-15-11(9-12)3-2-8-21-15/h2-10,24H,1H3,(H,22,26). The number of amides is 1. The minimum atomic E-state index is -1.11. The predicted octanol–water partition coefficient (Wildman–Crippen LogP) is 2.82. The molecule has 0 radical (unpaired) electrons. The number of nitrogens with one attached hydrogen (secondary N) is 2. The van der Waals surface area contributed by atoms with Crippen LogP contribution >= 0.6 is 11.8 Å². The summed E-state index contributed by atoms with van der Waals surface area (Å²) in [5.74, 6) is -0.681. The molecule has 2 aliphatic rings. The Hall–Kier alpha value is -3.39. The van der Waals surface area contributed by atoms with Crippen LogP contribution < -0.4 is 10.7 Å². The van der Waals surface area contributed by atoms with Crippen molar-refractivity contribution in [2.24, 2.45) is 5.10 Å². The first kappa shape index (κ1) is 16.8. The lowest BCUT2D eigenvalue weighted by atomic mass is 10.0. The maximum atomic E-state index is 12.8. The highest BCUT2D eigenvalue weighted by Gasteiger charge is 2.52. The number of pyridine rings is 1. The topological polar surface area (TPSA) is 92.7 Å². The molecule has 2 aromatic carbocycles. The summed E-state index contributed by atoms with van der Waals surface area (Å²) in [4.78, 5) is 27.9. The Labute approximate surface area is 164 Å². The number of methoxy groups -OCH3 is 1. The number of hydrogen-bond acceptors (Lipinski definition) is 7.